The fraction of sp³-hybridized carbons (Fsp3) is 0.278. The van der Waals surface area contributed by atoms with E-state index in [0.717, 1.165) is 17.0 Å². The van der Waals surface area contributed by atoms with Crippen LogP contribution in [0, 0.1) is 0 Å². The molecular weight excluding hydrogens is 328 g/mol. The van der Waals surface area contributed by atoms with Crippen molar-refractivity contribution in [1.82, 2.24) is 5.32 Å². The third-order valence-electron chi connectivity index (χ3n) is 3.50. The summed E-state index contributed by atoms with van der Waals surface area (Å²) in [7, 11) is 3.19. The molecule has 2 rings (SSSR count). The zero-order chi connectivity index (χ0) is 17.4. The van der Waals surface area contributed by atoms with E-state index in [1.807, 2.05) is 30.3 Å². The van der Waals surface area contributed by atoms with E-state index in [9.17, 15) is 4.79 Å². The van der Waals surface area contributed by atoms with Crippen molar-refractivity contribution in [1.29, 1.82) is 0 Å². The Morgan fingerprint density at radius 2 is 1.83 bits per heavy atom. The average Bonchev–Trinajstić information content (AvgIpc) is 2.60. The molecule has 0 spiro atoms. The van der Waals surface area contributed by atoms with Crippen LogP contribution in [0.1, 0.15) is 12.0 Å². The zero-order valence-corrected chi connectivity index (χ0v) is 14.5. The van der Waals surface area contributed by atoms with Crippen molar-refractivity contribution in [2.24, 2.45) is 0 Å². The van der Waals surface area contributed by atoms with Crippen molar-refractivity contribution in [2.45, 2.75) is 13.0 Å². The number of ether oxygens (including phenoxy) is 2. The van der Waals surface area contributed by atoms with Crippen LogP contribution in [0.2, 0.25) is 5.02 Å². The Hall–Kier alpha value is -2.40. The molecular formula is C18H21ClN2O3. The van der Waals surface area contributed by atoms with Crippen molar-refractivity contribution in [2.75, 3.05) is 26.1 Å². The highest BCUT2D eigenvalue weighted by molar-refractivity contribution is 6.32. The number of rotatable bonds is 8. The first-order valence-electron chi connectivity index (χ1n) is 7.60. The van der Waals surface area contributed by atoms with Crippen molar-refractivity contribution >= 4 is 23.2 Å². The number of nitrogens with one attached hydrogen (secondary N) is 2. The predicted molar refractivity (Wildman–Crippen MR) is 96.0 cm³/mol. The van der Waals surface area contributed by atoms with Crippen LogP contribution in [-0.2, 0) is 11.3 Å². The fourth-order valence-corrected chi connectivity index (χ4v) is 2.49. The quantitative estimate of drug-likeness (QED) is 0.766. The monoisotopic (exact) mass is 348 g/mol. The Labute approximate surface area is 146 Å². The standard InChI is InChI=1S/C18H21ClN2O3/c1-23-16-6-4-3-5-13(16)12-21-18(22)9-10-20-14-7-8-17(24-2)15(19)11-14/h3-8,11,20H,9-10,12H2,1-2H3,(H,21,22). The van der Waals surface area contributed by atoms with Crippen molar-refractivity contribution in [3.8, 4) is 11.5 Å². The molecule has 0 aromatic heterocycles. The van der Waals surface area contributed by atoms with Crippen LogP contribution in [0.15, 0.2) is 42.5 Å². The molecule has 0 heterocycles. The molecule has 2 N–H and O–H groups in total. The minimum atomic E-state index is -0.0342. The Kier molecular flexibility index (Phi) is 6.75. The largest absolute Gasteiger partial charge is 0.496 e. The highest BCUT2D eigenvalue weighted by atomic mass is 35.5. The topological polar surface area (TPSA) is 59.6 Å². The van der Waals surface area contributed by atoms with E-state index < -0.39 is 0 Å². The van der Waals surface area contributed by atoms with Crippen LogP contribution in [0.25, 0.3) is 0 Å². The summed E-state index contributed by atoms with van der Waals surface area (Å²) in [5.74, 6) is 1.36. The Balaban J connectivity index is 1.76. The molecule has 128 valence electrons. The molecule has 2 aromatic carbocycles. The maximum absolute atomic E-state index is 11.9. The van der Waals surface area contributed by atoms with Gasteiger partial charge in [0, 0.05) is 30.8 Å². The van der Waals surface area contributed by atoms with Gasteiger partial charge in [-0.2, -0.15) is 0 Å². The van der Waals surface area contributed by atoms with E-state index in [1.54, 1.807) is 26.4 Å². The van der Waals surface area contributed by atoms with Gasteiger partial charge < -0.3 is 20.1 Å². The van der Waals surface area contributed by atoms with Gasteiger partial charge in [0.1, 0.15) is 11.5 Å². The van der Waals surface area contributed by atoms with E-state index in [2.05, 4.69) is 10.6 Å². The maximum Gasteiger partial charge on any atom is 0.222 e. The molecule has 1 amide bonds. The Bertz CT molecular complexity index is 692. The van der Waals surface area contributed by atoms with Gasteiger partial charge in [0.05, 0.1) is 19.2 Å². The molecule has 5 nitrogen and oxygen atoms in total. The van der Waals surface area contributed by atoms with Gasteiger partial charge in [-0.25, -0.2) is 0 Å². The molecule has 0 saturated heterocycles. The number of anilines is 1. The molecule has 0 aliphatic carbocycles. The Morgan fingerprint density at radius 3 is 2.54 bits per heavy atom. The van der Waals surface area contributed by atoms with Crippen LogP contribution >= 0.6 is 11.6 Å². The van der Waals surface area contributed by atoms with Crippen LogP contribution in [0.5, 0.6) is 11.5 Å². The van der Waals surface area contributed by atoms with Gasteiger partial charge in [-0.05, 0) is 24.3 Å². The molecule has 0 bridgehead atoms. The molecule has 6 heteroatoms. The average molecular weight is 349 g/mol. The first-order chi connectivity index (χ1) is 11.6. The normalized spacial score (nSPS) is 10.1. The van der Waals surface area contributed by atoms with Gasteiger partial charge in [0.15, 0.2) is 0 Å². The summed E-state index contributed by atoms with van der Waals surface area (Å²) in [5, 5.41) is 6.58. The number of hydrogen-bond acceptors (Lipinski definition) is 4. The fourth-order valence-electron chi connectivity index (χ4n) is 2.23. The number of para-hydroxylation sites is 1. The first kappa shape index (κ1) is 17.9. The molecule has 0 radical (unpaired) electrons. The number of amides is 1. The molecule has 0 aliphatic rings. The summed E-state index contributed by atoms with van der Waals surface area (Å²) in [5.41, 5.74) is 1.79. The van der Waals surface area contributed by atoms with E-state index >= 15 is 0 Å². The number of hydrogen-bond donors (Lipinski definition) is 2. The van der Waals surface area contributed by atoms with Crippen LogP contribution < -0.4 is 20.1 Å². The van der Waals surface area contributed by atoms with Crippen molar-refractivity contribution in [3.05, 3.63) is 53.1 Å². The molecule has 0 saturated carbocycles. The minimum absolute atomic E-state index is 0.0342. The third kappa shape index (κ3) is 5.06. The number of methoxy groups -OCH3 is 2. The molecule has 0 fully saturated rings. The van der Waals surface area contributed by atoms with Crippen molar-refractivity contribution < 1.29 is 14.3 Å². The minimum Gasteiger partial charge on any atom is -0.496 e. The summed E-state index contributed by atoms with van der Waals surface area (Å²) in [6.07, 6.45) is 0.360. The van der Waals surface area contributed by atoms with Gasteiger partial charge in [-0.1, -0.05) is 29.8 Å². The summed E-state index contributed by atoms with van der Waals surface area (Å²) in [6.45, 7) is 0.956. The summed E-state index contributed by atoms with van der Waals surface area (Å²) < 4.78 is 10.4. The van der Waals surface area contributed by atoms with Crippen LogP contribution in [0.3, 0.4) is 0 Å². The lowest BCUT2D eigenvalue weighted by Crippen LogP contribution is -2.25. The molecule has 0 unspecified atom stereocenters. The zero-order valence-electron chi connectivity index (χ0n) is 13.8. The van der Waals surface area contributed by atoms with E-state index in [4.69, 9.17) is 21.1 Å². The third-order valence-corrected chi connectivity index (χ3v) is 3.80. The van der Waals surface area contributed by atoms with Gasteiger partial charge in [0.25, 0.3) is 0 Å². The highest BCUT2D eigenvalue weighted by Gasteiger charge is 2.06. The maximum atomic E-state index is 11.9. The van der Waals surface area contributed by atoms with E-state index in [1.165, 1.54) is 0 Å². The molecule has 0 aliphatic heterocycles. The summed E-state index contributed by atoms with van der Waals surface area (Å²) in [6, 6.07) is 13.0. The second-order valence-electron chi connectivity index (χ2n) is 5.11. The SMILES string of the molecule is COc1ccc(NCCC(=O)NCc2ccccc2OC)cc1Cl. The number of carbonyl (C=O) groups is 1. The van der Waals surface area contributed by atoms with E-state index in [-0.39, 0.29) is 5.91 Å². The lowest BCUT2D eigenvalue weighted by molar-refractivity contribution is -0.121. The lowest BCUT2D eigenvalue weighted by atomic mass is 10.2. The smallest absolute Gasteiger partial charge is 0.222 e. The highest BCUT2D eigenvalue weighted by Crippen LogP contribution is 2.27. The van der Waals surface area contributed by atoms with Crippen LogP contribution in [-0.4, -0.2) is 26.7 Å². The first-order valence-corrected chi connectivity index (χ1v) is 7.98. The second kappa shape index (κ2) is 9.03. The van der Waals surface area contributed by atoms with Gasteiger partial charge in [0.2, 0.25) is 5.91 Å². The van der Waals surface area contributed by atoms with E-state index in [0.29, 0.717) is 30.3 Å². The molecule has 24 heavy (non-hydrogen) atoms. The lowest BCUT2D eigenvalue weighted by Gasteiger charge is -2.11. The van der Waals surface area contributed by atoms with Gasteiger partial charge in [-0.15, -0.1) is 0 Å². The number of carbonyl (C=O) groups excluding carboxylic acids is 1. The van der Waals surface area contributed by atoms with Gasteiger partial charge in [-0.3, -0.25) is 4.79 Å². The molecule has 2 aromatic rings. The summed E-state index contributed by atoms with van der Waals surface area (Å²) in [4.78, 5) is 11.9. The second-order valence-corrected chi connectivity index (χ2v) is 5.52. The summed E-state index contributed by atoms with van der Waals surface area (Å²) >= 11 is 6.06. The van der Waals surface area contributed by atoms with Crippen molar-refractivity contribution in [3.63, 3.8) is 0 Å². The van der Waals surface area contributed by atoms with Crippen LogP contribution in [0.4, 0.5) is 5.69 Å². The predicted octanol–water partition coefficient (Wildman–Crippen LogP) is 3.48. The number of halogens is 1. The number of benzene rings is 2. The van der Waals surface area contributed by atoms with Gasteiger partial charge >= 0.3 is 0 Å². The molecule has 0 atom stereocenters. The Morgan fingerprint density at radius 1 is 1.08 bits per heavy atom.